The van der Waals surface area contributed by atoms with Gasteiger partial charge >= 0.3 is 147 Å². The van der Waals surface area contributed by atoms with Crippen LogP contribution in [-0.4, -0.2) is 12.5 Å². The Hall–Kier alpha value is -1.78. The van der Waals surface area contributed by atoms with E-state index in [4.69, 9.17) is 0 Å². The molecule has 0 aliphatic carbocycles. The molecule has 3 aromatic rings. The van der Waals surface area contributed by atoms with Crippen molar-refractivity contribution < 1.29 is 0 Å². The zero-order valence-electron chi connectivity index (χ0n) is 14.7. The summed E-state index contributed by atoms with van der Waals surface area (Å²) >= 11 is -2.60. The Morgan fingerprint density at radius 1 is 0.458 bits per heavy atom. The Morgan fingerprint density at radius 2 is 0.708 bits per heavy atom. The van der Waals surface area contributed by atoms with Crippen LogP contribution >= 0.6 is 0 Å². The van der Waals surface area contributed by atoms with Crippen LogP contribution < -0.4 is 0 Å². The Labute approximate surface area is 147 Å². The summed E-state index contributed by atoms with van der Waals surface area (Å²) < 4.78 is 0. The van der Waals surface area contributed by atoms with E-state index in [1.54, 1.807) is 0 Å². The number of hydrogen-bond donors (Lipinski definition) is 0. The van der Waals surface area contributed by atoms with Crippen LogP contribution in [0.1, 0.15) is 16.7 Å². The molecule has 124 valence electrons. The first-order valence-electron chi connectivity index (χ1n) is 8.64. The van der Waals surface area contributed by atoms with Gasteiger partial charge in [0.2, 0.25) is 0 Å². The Balaban J connectivity index is 1.95. The van der Waals surface area contributed by atoms with Gasteiger partial charge in [0.05, 0.1) is 0 Å². The van der Waals surface area contributed by atoms with E-state index in [0.717, 1.165) is 0 Å². The molecule has 1 heteroatoms. The molecule has 0 saturated carbocycles. The maximum absolute atomic E-state index is 2.62. The third kappa shape index (κ3) is 4.62. The van der Waals surface area contributed by atoms with E-state index in [9.17, 15) is 0 Å². The van der Waals surface area contributed by atoms with Gasteiger partial charge < -0.3 is 0 Å². The van der Waals surface area contributed by atoms with Gasteiger partial charge in [-0.25, -0.2) is 0 Å². The van der Waals surface area contributed by atoms with Crippen molar-refractivity contribution in [1.29, 1.82) is 0 Å². The topological polar surface area (TPSA) is 0 Å². The van der Waals surface area contributed by atoms with Crippen molar-refractivity contribution in [3.8, 4) is 0 Å². The van der Waals surface area contributed by atoms with Crippen LogP contribution in [0, 0.1) is 0 Å². The van der Waals surface area contributed by atoms with Gasteiger partial charge in [0.1, 0.15) is 0 Å². The van der Waals surface area contributed by atoms with E-state index >= 15 is 0 Å². The molecule has 0 nitrogen and oxygen atoms in total. The molecular weight excluding hydrogens is 351 g/mol. The third-order valence-corrected chi connectivity index (χ3v) is 13.8. The zero-order valence-corrected chi connectivity index (χ0v) is 16.6. The van der Waals surface area contributed by atoms with Crippen LogP contribution in [0.15, 0.2) is 91.0 Å². The second-order valence-corrected chi connectivity index (χ2v) is 22.6. The fourth-order valence-electron chi connectivity index (χ4n) is 3.79. The molecule has 3 rings (SSSR count). The Morgan fingerprint density at radius 3 is 0.958 bits per heavy atom. The zero-order chi connectivity index (χ0) is 16.9. The standard InChI is InChI=1S/C23H27As/c1-24(2,18-21-12-6-3-7-13-21,19-22-14-8-4-9-15-22)20-23-16-10-5-11-17-23/h3-17H,18-20H2,1-2H3. The SMILES string of the molecule is C[As](C)(Cc1ccccc1)(Cc1ccccc1)Cc1ccccc1. The van der Waals surface area contributed by atoms with E-state index in [2.05, 4.69) is 102 Å². The normalized spacial score (nSPS) is 13.2. The van der Waals surface area contributed by atoms with Crippen molar-refractivity contribution in [3.05, 3.63) is 108 Å². The average molecular weight is 378 g/mol. The maximum atomic E-state index is 2.62. The van der Waals surface area contributed by atoms with E-state index in [0.29, 0.717) is 0 Å². The quantitative estimate of drug-likeness (QED) is 0.462. The summed E-state index contributed by atoms with van der Waals surface area (Å²) in [7, 11) is 0. The van der Waals surface area contributed by atoms with E-state index in [-0.39, 0.29) is 0 Å². The first-order chi connectivity index (χ1) is 11.5. The van der Waals surface area contributed by atoms with E-state index < -0.39 is 12.5 Å². The average Bonchev–Trinajstić information content (AvgIpc) is 2.56. The third-order valence-electron chi connectivity index (χ3n) is 4.70. The van der Waals surface area contributed by atoms with Gasteiger partial charge in [0, 0.05) is 0 Å². The second-order valence-electron chi connectivity index (χ2n) is 7.95. The predicted octanol–water partition coefficient (Wildman–Crippen LogP) is 5.99. The van der Waals surface area contributed by atoms with Gasteiger partial charge in [0.15, 0.2) is 0 Å². The summed E-state index contributed by atoms with van der Waals surface area (Å²) in [4.78, 5) is 0. The van der Waals surface area contributed by atoms with Crippen molar-refractivity contribution in [2.24, 2.45) is 0 Å². The number of rotatable bonds is 6. The van der Waals surface area contributed by atoms with Gasteiger partial charge in [-0.3, -0.25) is 0 Å². The summed E-state index contributed by atoms with van der Waals surface area (Å²) in [5.74, 6) is 0. The van der Waals surface area contributed by atoms with Gasteiger partial charge in [-0.2, -0.15) is 0 Å². The molecule has 0 bridgehead atoms. The molecule has 0 fully saturated rings. The minimum absolute atomic E-state index is 1.24. The molecule has 0 unspecified atom stereocenters. The van der Waals surface area contributed by atoms with Crippen molar-refractivity contribution in [2.45, 2.75) is 27.0 Å². The monoisotopic (exact) mass is 378 g/mol. The van der Waals surface area contributed by atoms with Crippen LogP contribution in [-0.2, 0) is 15.6 Å². The van der Waals surface area contributed by atoms with Crippen molar-refractivity contribution in [2.75, 3.05) is 0 Å². The van der Waals surface area contributed by atoms with Crippen molar-refractivity contribution >= 4 is 12.5 Å². The first kappa shape index (κ1) is 17.1. The predicted molar refractivity (Wildman–Crippen MR) is 108 cm³/mol. The summed E-state index contributed by atoms with van der Waals surface area (Å²) in [6, 6.07) is 33.1. The molecule has 0 atom stereocenters. The van der Waals surface area contributed by atoms with Gasteiger partial charge in [-0.15, -0.1) is 0 Å². The molecule has 0 spiro atoms. The Bertz CT molecular complexity index is 653. The van der Waals surface area contributed by atoms with Crippen LogP contribution in [0.5, 0.6) is 0 Å². The van der Waals surface area contributed by atoms with E-state index in [1.807, 2.05) is 0 Å². The van der Waals surface area contributed by atoms with Crippen molar-refractivity contribution in [1.82, 2.24) is 0 Å². The van der Waals surface area contributed by atoms with Crippen LogP contribution in [0.2, 0.25) is 11.4 Å². The van der Waals surface area contributed by atoms with Crippen LogP contribution in [0.25, 0.3) is 0 Å². The van der Waals surface area contributed by atoms with Gasteiger partial charge in [-0.05, 0) is 0 Å². The molecule has 0 aliphatic rings. The molecule has 0 N–H and O–H groups in total. The molecule has 0 aliphatic heterocycles. The summed E-state index contributed by atoms with van der Waals surface area (Å²) in [5.41, 5.74) is 9.69. The first-order valence-corrected chi connectivity index (χ1v) is 16.4. The van der Waals surface area contributed by atoms with Gasteiger partial charge in [-0.1, -0.05) is 0 Å². The summed E-state index contributed by atoms with van der Waals surface area (Å²) in [5, 5.41) is 3.72. The minimum atomic E-state index is -2.60. The molecule has 0 radical (unpaired) electrons. The molecule has 0 amide bonds. The van der Waals surface area contributed by atoms with Crippen LogP contribution in [0.3, 0.4) is 0 Å². The Kier molecular flexibility index (Phi) is 4.97. The second kappa shape index (κ2) is 6.99. The molecule has 3 aromatic carbocycles. The molecule has 0 aromatic heterocycles. The van der Waals surface area contributed by atoms with Gasteiger partial charge in [0.25, 0.3) is 0 Å². The summed E-state index contributed by atoms with van der Waals surface area (Å²) in [6.07, 6.45) is 0. The van der Waals surface area contributed by atoms with Crippen molar-refractivity contribution in [3.63, 3.8) is 0 Å². The number of benzene rings is 3. The number of hydrogen-bond acceptors (Lipinski definition) is 0. The molecule has 24 heavy (non-hydrogen) atoms. The summed E-state index contributed by atoms with van der Waals surface area (Å²) in [6.45, 7) is 0. The molecular formula is C23H27As. The molecule has 0 saturated heterocycles. The van der Waals surface area contributed by atoms with Crippen LogP contribution in [0.4, 0.5) is 0 Å². The fourth-order valence-corrected chi connectivity index (χ4v) is 13.7. The molecule has 0 heterocycles. The fraction of sp³-hybridized carbons (Fsp3) is 0.217. The van der Waals surface area contributed by atoms with E-state index in [1.165, 1.54) is 32.3 Å².